The van der Waals surface area contributed by atoms with Crippen molar-refractivity contribution in [1.82, 2.24) is 15.8 Å². The van der Waals surface area contributed by atoms with Gasteiger partial charge in [0, 0.05) is 16.3 Å². The van der Waals surface area contributed by atoms with Gasteiger partial charge in [-0.3, -0.25) is 20.4 Å². The van der Waals surface area contributed by atoms with Crippen molar-refractivity contribution >= 4 is 45.3 Å². The molecule has 0 fully saturated rings. The molecule has 2 N–H and O–H groups in total. The lowest BCUT2D eigenvalue weighted by molar-refractivity contribution is 0.0829. The van der Waals surface area contributed by atoms with Crippen LogP contribution in [0.25, 0.3) is 21.9 Å². The molecule has 0 spiro atoms. The van der Waals surface area contributed by atoms with Crippen LogP contribution in [0.1, 0.15) is 26.6 Å². The van der Waals surface area contributed by atoms with Crippen LogP contribution < -0.4 is 10.9 Å². The van der Waals surface area contributed by atoms with Gasteiger partial charge in [0.25, 0.3) is 5.91 Å². The Labute approximate surface area is 159 Å². The van der Waals surface area contributed by atoms with Crippen molar-refractivity contribution in [2.45, 2.75) is 6.92 Å². The highest BCUT2D eigenvalue weighted by molar-refractivity contribution is 6.35. The summed E-state index contributed by atoms with van der Waals surface area (Å²) in [7, 11) is 0. The topological polar surface area (TPSA) is 84.2 Å². The molecule has 0 aliphatic rings. The Balaban J connectivity index is 1.52. The number of pyridine rings is 1. The number of carbonyl (C=O) groups excluding carboxylic acids is 2. The fraction of sp³-hybridized carbons (Fsp3) is 0.0500. The van der Waals surface area contributed by atoms with Crippen LogP contribution in [0.5, 0.6) is 0 Å². The molecule has 0 aliphatic carbocycles. The summed E-state index contributed by atoms with van der Waals surface area (Å²) in [4.78, 5) is 29.0. The van der Waals surface area contributed by atoms with Gasteiger partial charge in [-0.2, -0.15) is 0 Å². The molecule has 0 radical (unpaired) electrons. The van der Waals surface area contributed by atoms with Gasteiger partial charge in [0.05, 0.1) is 10.5 Å². The summed E-state index contributed by atoms with van der Waals surface area (Å²) in [6.07, 6.45) is 0. The summed E-state index contributed by atoms with van der Waals surface area (Å²) < 4.78 is 5.58. The van der Waals surface area contributed by atoms with Gasteiger partial charge in [-0.05, 0) is 25.1 Å². The van der Waals surface area contributed by atoms with E-state index in [0.717, 1.165) is 10.8 Å². The maximum atomic E-state index is 12.4. The van der Waals surface area contributed by atoms with E-state index in [0.29, 0.717) is 21.7 Å². The summed E-state index contributed by atoms with van der Waals surface area (Å²) >= 11 is 6.10. The fourth-order valence-electron chi connectivity index (χ4n) is 2.85. The van der Waals surface area contributed by atoms with Crippen molar-refractivity contribution in [3.8, 4) is 0 Å². The summed E-state index contributed by atoms with van der Waals surface area (Å²) in [6, 6.07) is 16.1. The number of hydrogen-bond donors (Lipinski definition) is 2. The molecule has 0 atom stereocenters. The van der Waals surface area contributed by atoms with E-state index in [4.69, 9.17) is 16.0 Å². The minimum absolute atomic E-state index is 0.0878. The number of furan rings is 1. The Morgan fingerprint density at radius 1 is 0.963 bits per heavy atom. The molecule has 0 saturated heterocycles. The minimum Gasteiger partial charge on any atom is -0.449 e. The van der Waals surface area contributed by atoms with Crippen LogP contribution in [0.15, 0.2) is 59.0 Å². The first kappa shape index (κ1) is 17.1. The molecule has 2 heterocycles. The number of aryl methyl sites for hydroxylation is 1. The van der Waals surface area contributed by atoms with E-state index >= 15 is 0 Å². The van der Waals surface area contributed by atoms with Gasteiger partial charge in [-0.1, -0.05) is 48.0 Å². The number of fused-ring (bicyclic) bond motifs is 2. The number of rotatable bonds is 2. The number of nitrogens with zero attached hydrogens (tertiary/aromatic N) is 1. The van der Waals surface area contributed by atoms with Gasteiger partial charge in [0.2, 0.25) is 0 Å². The normalized spacial score (nSPS) is 10.9. The van der Waals surface area contributed by atoms with E-state index in [1.54, 1.807) is 31.2 Å². The molecule has 4 rings (SSSR count). The average Bonchev–Trinajstić information content (AvgIpc) is 3.03. The number of para-hydroxylation sites is 2. The largest absolute Gasteiger partial charge is 0.449 e. The zero-order chi connectivity index (χ0) is 19.0. The molecule has 4 aromatic rings. The van der Waals surface area contributed by atoms with Crippen molar-refractivity contribution in [2.75, 3.05) is 0 Å². The Hall–Kier alpha value is -3.38. The second-order valence-corrected chi connectivity index (χ2v) is 6.38. The zero-order valence-corrected chi connectivity index (χ0v) is 15.0. The van der Waals surface area contributed by atoms with Gasteiger partial charge in [0.15, 0.2) is 11.3 Å². The van der Waals surface area contributed by atoms with Gasteiger partial charge in [-0.15, -0.1) is 0 Å². The highest BCUT2D eigenvalue weighted by Crippen LogP contribution is 2.30. The van der Waals surface area contributed by atoms with Gasteiger partial charge in [-0.25, -0.2) is 4.98 Å². The highest BCUT2D eigenvalue weighted by atomic mass is 35.5. The number of carbonyl (C=O) groups is 2. The lowest BCUT2D eigenvalue weighted by Gasteiger charge is -2.06. The van der Waals surface area contributed by atoms with Crippen molar-refractivity contribution in [3.05, 3.63) is 76.6 Å². The van der Waals surface area contributed by atoms with E-state index in [1.807, 2.05) is 30.3 Å². The molecule has 2 aromatic carbocycles. The van der Waals surface area contributed by atoms with Crippen molar-refractivity contribution in [3.63, 3.8) is 0 Å². The lowest BCUT2D eigenvalue weighted by atomic mass is 10.1. The van der Waals surface area contributed by atoms with Gasteiger partial charge in [0.1, 0.15) is 5.69 Å². The predicted molar refractivity (Wildman–Crippen MR) is 103 cm³/mol. The molecular formula is C20H14ClN3O3. The summed E-state index contributed by atoms with van der Waals surface area (Å²) in [6.45, 7) is 1.75. The number of benzene rings is 2. The number of halogens is 1. The van der Waals surface area contributed by atoms with E-state index in [-0.39, 0.29) is 11.5 Å². The van der Waals surface area contributed by atoms with Crippen molar-refractivity contribution < 1.29 is 14.0 Å². The van der Waals surface area contributed by atoms with Crippen LogP contribution in [0.3, 0.4) is 0 Å². The van der Waals surface area contributed by atoms with E-state index in [2.05, 4.69) is 15.8 Å². The van der Waals surface area contributed by atoms with Crippen molar-refractivity contribution in [2.24, 2.45) is 0 Å². The molecule has 134 valence electrons. The monoisotopic (exact) mass is 379 g/mol. The number of hydrazine groups is 1. The molecule has 0 unspecified atom stereocenters. The van der Waals surface area contributed by atoms with E-state index in [9.17, 15) is 9.59 Å². The Bertz CT molecular complexity index is 1200. The molecule has 7 heteroatoms. The molecule has 0 saturated carbocycles. The molecule has 27 heavy (non-hydrogen) atoms. The van der Waals surface area contributed by atoms with Crippen LogP contribution in [-0.4, -0.2) is 16.8 Å². The van der Waals surface area contributed by atoms with Crippen LogP contribution in [0.2, 0.25) is 5.02 Å². The predicted octanol–water partition coefficient (Wildman–Crippen LogP) is 4.02. The average molecular weight is 380 g/mol. The molecule has 2 aromatic heterocycles. The van der Waals surface area contributed by atoms with Crippen LogP contribution >= 0.6 is 11.6 Å². The van der Waals surface area contributed by atoms with E-state index < -0.39 is 11.8 Å². The fourth-order valence-corrected chi connectivity index (χ4v) is 3.07. The lowest BCUT2D eigenvalue weighted by Crippen LogP contribution is -2.42. The smallest absolute Gasteiger partial charge is 0.305 e. The van der Waals surface area contributed by atoms with Gasteiger partial charge >= 0.3 is 5.91 Å². The van der Waals surface area contributed by atoms with Crippen LogP contribution in [0, 0.1) is 6.92 Å². The Morgan fingerprint density at radius 3 is 2.56 bits per heavy atom. The zero-order valence-electron chi connectivity index (χ0n) is 14.2. The molecule has 6 nitrogen and oxygen atoms in total. The molecule has 2 amide bonds. The quantitative estimate of drug-likeness (QED) is 0.515. The molecule has 0 aliphatic heterocycles. The number of hydrogen-bond acceptors (Lipinski definition) is 4. The third kappa shape index (κ3) is 3.11. The van der Waals surface area contributed by atoms with Crippen LogP contribution in [-0.2, 0) is 0 Å². The minimum atomic E-state index is -0.575. The Morgan fingerprint density at radius 2 is 1.74 bits per heavy atom. The highest BCUT2D eigenvalue weighted by Gasteiger charge is 2.20. The van der Waals surface area contributed by atoms with Crippen molar-refractivity contribution in [1.29, 1.82) is 0 Å². The Kier molecular flexibility index (Phi) is 4.25. The van der Waals surface area contributed by atoms with Crippen LogP contribution in [0.4, 0.5) is 0 Å². The first-order valence-electron chi connectivity index (χ1n) is 8.18. The SMILES string of the molecule is Cc1c(C(=O)NNC(=O)c2ccc3ccccc3n2)oc2c(Cl)cccc12. The summed E-state index contributed by atoms with van der Waals surface area (Å²) in [5.41, 5.74) is 6.67. The molecular weight excluding hydrogens is 366 g/mol. The number of aromatic nitrogens is 1. The standard InChI is InChI=1S/C20H14ClN3O3/c1-11-13-6-4-7-14(21)18(13)27-17(11)20(26)24-23-19(25)16-10-9-12-5-2-3-8-15(12)22-16/h2-10H,1H3,(H,23,25)(H,24,26). The maximum Gasteiger partial charge on any atom is 0.305 e. The first-order chi connectivity index (χ1) is 13.0. The second kappa shape index (κ2) is 6.74. The summed E-state index contributed by atoms with van der Waals surface area (Å²) in [5.74, 6) is -1.01. The van der Waals surface area contributed by atoms with E-state index in [1.165, 1.54) is 0 Å². The molecule has 0 bridgehead atoms. The number of amides is 2. The van der Waals surface area contributed by atoms with Gasteiger partial charge < -0.3 is 4.42 Å². The third-order valence-corrected chi connectivity index (χ3v) is 4.54. The maximum absolute atomic E-state index is 12.4. The first-order valence-corrected chi connectivity index (χ1v) is 8.56. The summed E-state index contributed by atoms with van der Waals surface area (Å²) in [5, 5.41) is 2.09. The number of nitrogens with one attached hydrogen (secondary N) is 2. The third-order valence-electron chi connectivity index (χ3n) is 4.24. The second-order valence-electron chi connectivity index (χ2n) is 5.97.